The van der Waals surface area contributed by atoms with Gasteiger partial charge >= 0.3 is 0 Å². The number of hydrogen-bond donors (Lipinski definition) is 1. The third-order valence-corrected chi connectivity index (χ3v) is 4.41. The van der Waals surface area contributed by atoms with Gasteiger partial charge in [-0.2, -0.15) is 5.26 Å². The number of β-amino-alcohol motifs (C(OH)–C–C–N with tert-alkyl or cyclic N) is 1. The highest BCUT2D eigenvalue weighted by Gasteiger charge is 2.35. The zero-order valence-electron chi connectivity index (χ0n) is 14.4. The summed E-state index contributed by atoms with van der Waals surface area (Å²) in [6.07, 6.45) is 1.49. The molecule has 1 aromatic heterocycles. The first-order valence-electron chi connectivity index (χ1n) is 8.12. The molecule has 0 unspecified atom stereocenters. The van der Waals surface area contributed by atoms with Crippen LogP contribution in [0, 0.1) is 11.3 Å². The quantitative estimate of drug-likeness (QED) is 0.647. The molecule has 1 N–H and O–H groups in total. The molecule has 1 aliphatic heterocycles. The number of amides is 2. The van der Waals surface area contributed by atoms with E-state index in [2.05, 4.69) is 0 Å². The van der Waals surface area contributed by atoms with Crippen LogP contribution in [-0.2, 0) is 9.59 Å². The molecule has 0 bridgehead atoms. The fourth-order valence-electron chi connectivity index (χ4n) is 2.80. The second-order valence-corrected chi connectivity index (χ2v) is 6.30. The maximum atomic E-state index is 12.6. The van der Waals surface area contributed by atoms with E-state index in [-0.39, 0.29) is 29.9 Å². The highest BCUT2D eigenvalue weighted by Crippen LogP contribution is 2.29. The number of carbonyl (C=O) groups is 2. The molecule has 0 fully saturated rings. The average molecular weight is 383 g/mol. The summed E-state index contributed by atoms with van der Waals surface area (Å²) in [7, 11) is 0. The molecule has 2 heterocycles. The molecular weight excluding hydrogens is 368 g/mol. The number of nitriles is 1. The molecule has 0 aliphatic carbocycles. The Bertz CT molecular complexity index is 1030. The lowest BCUT2D eigenvalue weighted by Crippen LogP contribution is -2.44. The lowest BCUT2D eigenvalue weighted by Gasteiger charge is -2.26. The molecule has 6 nitrogen and oxygen atoms in total. The topological polar surface area (TPSA) is 94.5 Å². The Kier molecular flexibility index (Phi) is 5.26. The number of benzene rings is 1. The predicted octanol–water partition coefficient (Wildman–Crippen LogP) is 3.18. The minimum absolute atomic E-state index is 0.129. The van der Waals surface area contributed by atoms with Crippen molar-refractivity contribution < 1.29 is 19.1 Å². The number of aliphatic hydroxyl groups excluding tert-OH is 1. The maximum absolute atomic E-state index is 12.6. The van der Waals surface area contributed by atoms with Crippen LogP contribution in [0.4, 0.5) is 0 Å². The van der Waals surface area contributed by atoms with Gasteiger partial charge in [-0.25, -0.2) is 0 Å². The van der Waals surface area contributed by atoms with Crippen molar-refractivity contribution in [3.63, 3.8) is 0 Å². The molecule has 2 aromatic rings. The van der Waals surface area contributed by atoms with E-state index in [9.17, 15) is 14.9 Å². The lowest BCUT2D eigenvalue weighted by atomic mass is 9.95. The third kappa shape index (κ3) is 3.56. The Morgan fingerprint density at radius 1 is 1.26 bits per heavy atom. The van der Waals surface area contributed by atoms with Crippen molar-refractivity contribution in [3.8, 4) is 17.4 Å². The highest BCUT2D eigenvalue weighted by atomic mass is 35.5. The van der Waals surface area contributed by atoms with Crippen molar-refractivity contribution in [2.75, 3.05) is 13.2 Å². The first-order chi connectivity index (χ1) is 13.0. The normalized spacial score (nSPS) is 16.2. The first-order valence-corrected chi connectivity index (χ1v) is 8.50. The lowest BCUT2D eigenvalue weighted by molar-refractivity contribution is -0.140. The highest BCUT2D eigenvalue weighted by molar-refractivity contribution is 6.30. The zero-order chi connectivity index (χ0) is 19.6. The molecule has 1 aromatic carbocycles. The Morgan fingerprint density at radius 3 is 2.70 bits per heavy atom. The molecule has 0 spiro atoms. The van der Waals surface area contributed by atoms with Gasteiger partial charge in [-0.05, 0) is 42.8 Å². The van der Waals surface area contributed by atoms with Gasteiger partial charge in [0.25, 0.3) is 11.8 Å². The van der Waals surface area contributed by atoms with Crippen LogP contribution in [0.5, 0.6) is 0 Å². The number of rotatable bonds is 4. The van der Waals surface area contributed by atoms with Crippen LogP contribution in [0.2, 0.25) is 5.02 Å². The van der Waals surface area contributed by atoms with Crippen LogP contribution in [0.1, 0.15) is 12.7 Å². The van der Waals surface area contributed by atoms with Crippen molar-refractivity contribution in [2.24, 2.45) is 0 Å². The summed E-state index contributed by atoms with van der Waals surface area (Å²) in [5, 5.41) is 19.0. The zero-order valence-corrected chi connectivity index (χ0v) is 15.2. The number of nitrogens with zero attached hydrogens (tertiary/aromatic N) is 2. The summed E-state index contributed by atoms with van der Waals surface area (Å²) in [5.74, 6) is -0.321. The van der Waals surface area contributed by atoms with Crippen LogP contribution in [0.15, 0.2) is 57.5 Å². The van der Waals surface area contributed by atoms with Gasteiger partial charge in [-0.1, -0.05) is 23.7 Å². The van der Waals surface area contributed by atoms with Crippen molar-refractivity contribution in [1.82, 2.24) is 4.90 Å². The van der Waals surface area contributed by atoms with Gasteiger partial charge in [-0.3, -0.25) is 14.5 Å². The van der Waals surface area contributed by atoms with Crippen molar-refractivity contribution in [3.05, 3.63) is 63.9 Å². The molecule has 7 heteroatoms. The Balaban J connectivity index is 2.03. The molecule has 0 saturated carbocycles. The molecule has 0 saturated heterocycles. The Labute approximate surface area is 160 Å². The van der Waals surface area contributed by atoms with Gasteiger partial charge in [-0.15, -0.1) is 0 Å². The summed E-state index contributed by atoms with van der Waals surface area (Å²) in [6.45, 7) is 0.971. The van der Waals surface area contributed by atoms with E-state index in [4.69, 9.17) is 21.1 Å². The fraction of sp³-hybridized carbons (Fsp3) is 0.150. The van der Waals surface area contributed by atoms with Gasteiger partial charge in [0.05, 0.1) is 13.2 Å². The van der Waals surface area contributed by atoms with Crippen LogP contribution < -0.4 is 0 Å². The summed E-state index contributed by atoms with van der Waals surface area (Å²) in [5.41, 5.74) is 1.11. The number of hydrogen-bond acceptors (Lipinski definition) is 5. The van der Waals surface area contributed by atoms with Crippen LogP contribution in [0.3, 0.4) is 0 Å². The monoisotopic (exact) mass is 382 g/mol. The molecule has 2 amide bonds. The first kappa shape index (κ1) is 18.6. The number of furan rings is 1. The largest absolute Gasteiger partial charge is 0.457 e. The molecule has 0 atom stereocenters. The minimum atomic E-state index is -0.703. The van der Waals surface area contributed by atoms with Gasteiger partial charge < -0.3 is 9.52 Å². The number of halogens is 1. The number of carbonyl (C=O) groups excluding carboxylic acids is 2. The third-order valence-electron chi connectivity index (χ3n) is 4.17. The average Bonchev–Trinajstić information content (AvgIpc) is 3.11. The van der Waals surface area contributed by atoms with Crippen LogP contribution in [-0.4, -0.2) is 35.0 Å². The summed E-state index contributed by atoms with van der Waals surface area (Å²) >= 11 is 5.99. The second kappa shape index (κ2) is 7.62. The van der Waals surface area contributed by atoms with E-state index >= 15 is 0 Å². The Morgan fingerprint density at radius 2 is 2.04 bits per heavy atom. The van der Waals surface area contributed by atoms with E-state index in [1.807, 2.05) is 12.1 Å². The molecule has 1 aliphatic rings. The molecule has 27 heavy (non-hydrogen) atoms. The number of imide groups is 1. The van der Waals surface area contributed by atoms with Crippen LogP contribution in [0.25, 0.3) is 17.4 Å². The predicted molar refractivity (Wildman–Crippen MR) is 99.2 cm³/mol. The minimum Gasteiger partial charge on any atom is -0.457 e. The van der Waals surface area contributed by atoms with E-state index < -0.39 is 11.8 Å². The van der Waals surface area contributed by atoms with Crippen molar-refractivity contribution in [1.29, 1.82) is 5.26 Å². The van der Waals surface area contributed by atoms with Crippen molar-refractivity contribution >= 4 is 29.5 Å². The summed E-state index contributed by atoms with van der Waals surface area (Å²) in [4.78, 5) is 25.7. The van der Waals surface area contributed by atoms with E-state index in [1.165, 1.54) is 13.0 Å². The van der Waals surface area contributed by atoms with E-state index in [0.29, 0.717) is 16.5 Å². The van der Waals surface area contributed by atoms with Gasteiger partial charge in [0.15, 0.2) is 0 Å². The fourth-order valence-corrected chi connectivity index (χ4v) is 2.99. The summed E-state index contributed by atoms with van der Waals surface area (Å²) < 4.78 is 5.77. The second-order valence-electron chi connectivity index (χ2n) is 5.87. The van der Waals surface area contributed by atoms with Crippen molar-refractivity contribution in [2.45, 2.75) is 6.92 Å². The molecule has 0 radical (unpaired) electrons. The Hall–Kier alpha value is -3.14. The summed E-state index contributed by atoms with van der Waals surface area (Å²) in [6, 6.07) is 12.4. The SMILES string of the molecule is CC1=C(C#N)C(=O)N(CCO)C(=O)C1=Cc1ccc(-c2cccc(Cl)c2)o1. The molecular formula is C20H15ClN2O4. The maximum Gasteiger partial charge on any atom is 0.271 e. The standard InChI is InChI=1S/C20H15ClN2O4/c1-12-16(19(25)23(7-8-24)20(26)17(12)11-22)10-15-5-6-18(27-15)13-3-2-4-14(21)9-13/h2-6,9-10,24H,7-8H2,1H3. The van der Waals surface area contributed by atoms with E-state index in [1.54, 1.807) is 30.3 Å². The molecule has 3 rings (SSSR count). The van der Waals surface area contributed by atoms with Gasteiger partial charge in [0.1, 0.15) is 23.2 Å². The smallest absolute Gasteiger partial charge is 0.271 e. The van der Waals surface area contributed by atoms with Gasteiger partial charge in [0, 0.05) is 16.2 Å². The van der Waals surface area contributed by atoms with Crippen LogP contribution >= 0.6 is 11.6 Å². The molecule has 136 valence electrons. The van der Waals surface area contributed by atoms with E-state index in [0.717, 1.165) is 10.5 Å². The number of aliphatic hydroxyl groups is 1. The van der Waals surface area contributed by atoms with Gasteiger partial charge in [0.2, 0.25) is 0 Å².